The van der Waals surface area contributed by atoms with Crippen molar-refractivity contribution in [1.82, 2.24) is 9.97 Å². The summed E-state index contributed by atoms with van der Waals surface area (Å²) in [6, 6.07) is 40.0. The average molecular weight is 799 g/mol. The van der Waals surface area contributed by atoms with Crippen LogP contribution in [-0.4, -0.2) is 16.7 Å². The van der Waals surface area contributed by atoms with Gasteiger partial charge in [-0.2, -0.15) is 0 Å². The highest BCUT2D eigenvalue weighted by Gasteiger charge is 2.45. The highest BCUT2D eigenvalue weighted by molar-refractivity contribution is 7.00. The van der Waals surface area contributed by atoms with Crippen LogP contribution in [0, 0.1) is 27.7 Å². The maximum atomic E-state index is 5.05. The van der Waals surface area contributed by atoms with Crippen LogP contribution >= 0.6 is 0 Å². The van der Waals surface area contributed by atoms with Crippen molar-refractivity contribution in [3.05, 3.63) is 161 Å². The number of hydrogen-bond acceptors (Lipinski definition) is 4. The number of rotatable bonds is 4. The van der Waals surface area contributed by atoms with E-state index < -0.39 is 0 Å². The third-order valence-electron chi connectivity index (χ3n) is 12.8. The van der Waals surface area contributed by atoms with Crippen LogP contribution in [0.4, 0.5) is 34.1 Å². The Labute approximate surface area is 364 Å². The first-order chi connectivity index (χ1) is 28.8. The molecular weight excluding hydrogens is 739 g/mol. The van der Waals surface area contributed by atoms with Gasteiger partial charge in [-0.25, -0.2) is 0 Å². The van der Waals surface area contributed by atoms with E-state index in [9.17, 15) is 0 Å². The Morgan fingerprint density at radius 1 is 0.426 bits per heavy atom. The maximum absolute atomic E-state index is 5.05. The van der Waals surface area contributed by atoms with E-state index in [2.05, 4.69) is 203 Å². The predicted molar refractivity (Wildman–Crippen MR) is 262 cm³/mol. The van der Waals surface area contributed by atoms with Gasteiger partial charge < -0.3 is 9.80 Å². The van der Waals surface area contributed by atoms with E-state index in [-0.39, 0.29) is 23.0 Å². The van der Waals surface area contributed by atoms with Gasteiger partial charge in [0.1, 0.15) is 0 Å². The number of fused-ring (bicyclic) bond motifs is 4. The zero-order valence-electron chi connectivity index (χ0n) is 38.4. The first kappa shape index (κ1) is 40.5. The van der Waals surface area contributed by atoms with E-state index in [4.69, 9.17) is 9.97 Å². The number of hydrogen-bond donors (Lipinski definition) is 0. The Hall–Kier alpha value is -5.94. The fraction of sp³-hybridized carbons (Fsp3) is 0.286. The lowest BCUT2D eigenvalue weighted by molar-refractivity contribution is 0.590. The third kappa shape index (κ3) is 7.06. The van der Waals surface area contributed by atoms with Gasteiger partial charge in [0, 0.05) is 58.0 Å². The summed E-state index contributed by atoms with van der Waals surface area (Å²) < 4.78 is 0. The molecule has 0 radical (unpaired) electrons. The molecule has 0 saturated carbocycles. The van der Waals surface area contributed by atoms with Crippen molar-refractivity contribution < 1.29 is 0 Å². The minimum absolute atomic E-state index is 0.0173. The summed E-state index contributed by atoms with van der Waals surface area (Å²) in [7, 11) is 0. The predicted octanol–water partition coefficient (Wildman–Crippen LogP) is 13.0. The van der Waals surface area contributed by atoms with Crippen molar-refractivity contribution in [2.75, 3.05) is 9.80 Å². The molecule has 2 aromatic heterocycles. The Bertz CT molecular complexity index is 2700. The standard InChI is InChI=1S/C56H59BN4/c1-34-14-18-49-44(25-34)57-45-26-35(2)15-19-50(45)61(48-21-17-40(55(8,9)10)29-43(48)46-27-36(3)22-23-59-46)52-31-41(56(11,12)13)30-51(53(52)57)60(49)47-20-16-39(54(5,6)7)28-42(47)38-24-37(4)32-58-33-38/h14-33H,1-13H3. The van der Waals surface area contributed by atoms with Crippen LogP contribution in [-0.2, 0) is 16.2 Å². The molecule has 7 aromatic rings. The van der Waals surface area contributed by atoms with Crippen LogP contribution in [0.3, 0.4) is 0 Å². The molecule has 306 valence electrons. The lowest BCUT2D eigenvalue weighted by atomic mass is 9.33. The number of anilines is 6. The van der Waals surface area contributed by atoms with Gasteiger partial charge in [-0.3, -0.25) is 9.97 Å². The molecule has 5 heteroatoms. The molecule has 2 aliphatic heterocycles. The van der Waals surface area contributed by atoms with Crippen LogP contribution in [0.1, 0.15) is 101 Å². The Balaban J connectivity index is 1.43. The zero-order valence-corrected chi connectivity index (χ0v) is 38.4. The van der Waals surface area contributed by atoms with Crippen molar-refractivity contribution >= 4 is 57.2 Å². The summed E-state index contributed by atoms with van der Waals surface area (Å²) in [6.07, 6.45) is 5.93. The number of nitrogens with zero attached hydrogens (tertiary/aromatic N) is 4. The second kappa shape index (κ2) is 14.3. The van der Waals surface area contributed by atoms with E-state index in [0.29, 0.717) is 0 Å². The second-order valence-electron chi connectivity index (χ2n) is 20.8. The lowest BCUT2D eigenvalue weighted by Gasteiger charge is -2.46. The normalized spacial score (nSPS) is 13.6. The summed E-state index contributed by atoms with van der Waals surface area (Å²) in [6.45, 7) is 29.6. The quantitative estimate of drug-likeness (QED) is 0.166. The fourth-order valence-electron chi connectivity index (χ4n) is 9.41. The third-order valence-corrected chi connectivity index (χ3v) is 12.8. The van der Waals surface area contributed by atoms with Gasteiger partial charge in [0.15, 0.2) is 0 Å². The lowest BCUT2D eigenvalue weighted by Crippen LogP contribution is -2.61. The van der Waals surface area contributed by atoms with E-state index in [1.807, 2.05) is 18.6 Å². The average Bonchev–Trinajstić information content (AvgIpc) is 3.19. The van der Waals surface area contributed by atoms with Crippen molar-refractivity contribution in [3.8, 4) is 22.4 Å². The summed E-state index contributed by atoms with van der Waals surface area (Å²) >= 11 is 0. The molecule has 2 aliphatic rings. The zero-order chi connectivity index (χ0) is 43.3. The molecule has 0 aliphatic carbocycles. The van der Waals surface area contributed by atoms with Gasteiger partial charge in [-0.15, -0.1) is 0 Å². The monoisotopic (exact) mass is 798 g/mol. The highest BCUT2D eigenvalue weighted by Crippen LogP contribution is 2.50. The van der Waals surface area contributed by atoms with Crippen molar-refractivity contribution in [2.24, 2.45) is 0 Å². The first-order valence-electron chi connectivity index (χ1n) is 21.9. The van der Waals surface area contributed by atoms with Gasteiger partial charge in [-0.05, 0) is 155 Å². The maximum Gasteiger partial charge on any atom is 0.252 e. The molecule has 0 bridgehead atoms. The van der Waals surface area contributed by atoms with Crippen LogP contribution in [0.5, 0.6) is 0 Å². The molecule has 0 fully saturated rings. The molecule has 0 N–H and O–H groups in total. The summed E-state index contributed by atoms with van der Waals surface area (Å²) in [4.78, 5) is 14.9. The van der Waals surface area contributed by atoms with Crippen molar-refractivity contribution in [2.45, 2.75) is 106 Å². The largest absolute Gasteiger partial charge is 0.311 e. The summed E-state index contributed by atoms with van der Waals surface area (Å²) in [5, 5.41) is 0. The second-order valence-corrected chi connectivity index (χ2v) is 20.8. The molecule has 0 saturated heterocycles. The molecular formula is C56H59BN4. The summed E-state index contributed by atoms with van der Waals surface area (Å²) in [5.74, 6) is 0. The van der Waals surface area contributed by atoms with Crippen LogP contribution in [0.15, 0.2) is 122 Å². The molecule has 0 unspecified atom stereocenters. The number of pyridine rings is 2. The number of benzene rings is 5. The van der Waals surface area contributed by atoms with Crippen molar-refractivity contribution in [3.63, 3.8) is 0 Å². The van der Waals surface area contributed by atoms with E-state index in [1.165, 1.54) is 78.1 Å². The number of aromatic nitrogens is 2. The number of aryl methyl sites for hydroxylation is 4. The molecule has 4 nitrogen and oxygen atoms in total. The molecule has 61 heavy (non-hydrogen) atoms. The van der Waals surface area contributed by atoms with E-state index >= 15 is 0 Å². The molecule has 4 heterocycles. The SMILES string of the molecule is Cc1cncc(-c2cc(C(C)(C)C)ccc2N2c3ccc(C)cc3B3c4cc(C)ccc4N(c4ccc(C(C)(C)C)cc4-c4cc(C)ccn4)c4cc(C(C)(C)C)cc2c43)c1. The minimum atomic E-state index is -0.143. The first-order valence-corrected chi connectivity index (χ1v) is 21.9. The molecule has 5 aromatic carbocycles. The van der Waals surface area contributed by atoms with Crippen molar-refractivity contribution in [1.29, 1.82) is 0 Å². The topological polar surface area (TPSA) is 32.3 Å². The molecule has 0 spiro atoms. The molecule has 0 amide bonds. The molecule has 0 atom stereocenters. The Morgan fingerprint density at radius 3 is 1.43 bits per heavy atom. The Morgan fingerprint density at radius 2 is 0.918 bits per heavy atom. The van der Waals surface area contributed by atoms with Gasteiger partial charge in [0.05, 0.1) is 17.1 Å². The van der Waals surface area contributed by atoms with Crippen LogP contribution in [0.2, 0.25) is 0 Å². The van der Waals surface area contributed by atoms with Gasteiger partial charge in [-0.1, -0.05) is 110 Å². The Kier molecular flexibility index (Phi) is 9.51. The van der Waals surface area contributed by atoms with E-state index in [0.717, 1.165) is 33.8 Å². The van der Waals surface area contributed by atoms with Gasteiger partial charge in [0.25, 0.3) is 6.71 Å². The van der Waals surface area contributed by atoms with Crippen LogP contribution in [0.25, 0.3) is 22.4 Å². The van der Waals surface area contributed by atoms with E-state index in [1.54, 1.807) is 0 Å². The highest BCUT2D eigenvalue weighted by atomic mass is 15.2. The minimum Gasteiger partial charge on any atom is -0.311 e. The van der Waals surface area contributed by atoms with Crippen LogP contribution < -0.4 is 26.2 Å². The molecule has 9 rings (SSSR count). The fourth-order valence-corrected chi connectivity index (χ4v) is 9.41. The smallest absolute Gasteiger partial charge is 0.252 e. The van der Waals surface area contributed by atoms with Gasteiger partial charge in [0.2, 0.25) is 0 Å². The van der Waals surface area contributed by atoms with Gasteiger partial charge >= 0.3 is 0 Å². The summed E-state index contributed by atoms with van der Waals surface area (Å²) in [5.41, 5.74) is 24.0.